The zero-order valence-corrected chi connectivity index (χ0v) is 17.8. The van der Waals surface area contributed by atoms with Gasteiger partial charge in [-0.25, -0.2) is 4.79 Å². The van der Waals surface area contributed by atoms with Gasteiger partial charge in [0.15, 0.2) is 6.61 Å². The van der Waals surface area contributed by atoms with Crippen LogP contribution in [0.4, 0.5) is 5.69 Å². The third-order valence-electron chi connectivity index (χ3n) is 5.37. The van der Waals surface area contributed by atoms with Gasteiger partial charge in [-0.3, -0.25) is 19.3 Å². The van der Waals surface area contributed by atoms with Crippen molar-refractivity contribution >= 4 is 29.4 Å². The third kappa shape index (κ3) is 3.66. The van der Waals surface area contributed by atoms with Crippen LogP contribution < -0.4 is 5.32 Å². The second-order valence-corrected chi connectivity index (χ2v) is 7.51. The molecule has 0 spiro atoms. The van der Waals surface area contributed by atoms with E-state index in [1.54, 1.807) is 6.07 Å². The minimum Gasteiger partial charge on any atom is -0.452 e. The smallest absolute Gasteiger partial charge is 0.340 e. The second-order valence-electron chi connectivity index (χ2n) is 7.51. The first-order valence-electron chi connectivity index (χ1n) is 9.95. The normalized spacial score (nSPS) is 12.7. The summed E-state index contributed by atoms with van der Waals surface area (Å²) in [6.07, 6.45) is 0. The van der Waals surface area contributed by atoms with Gasteiger partial charge in [0.1, 0.15) is 0 Å². The van der Waals surface area contributed by atoms with Crippen LogP contribution in [0, 0.1) is 13.8 Å². The van der Waals surface area contributed by atoms with Gasteiger partial charge in [0.05, 0.1) is 16.7 Å². The van der Waals surface area contributed by atoms with Gasteiger partial charge >= 0.3 is 5.97 Å². The van der Waals surface area contributed by atoms with Gasteiger partial charge in [-0.05, 0) is 50.2 Å². The molecule has 2 aromatic carbocycles. The summed E-state index contributed by atoms with van der Waals surface area (Å²) in [5, 5.41) is 2.58. The van der Waals surface area contributed by atoms with Gasteiger partial charge in [-0.2, -0.15) is 0 Å². The number of esters is 1. The Hall–Kier alpha value is -4.20. The van der Waals surface area contributed by atoms with Crippen LogP contribution >= 0.6 is 0 Å². The third-order valence-corrected chi connectivity index (χ3v) is 5.37. The number of hydrogen-bond donors (Lipinski definition) is 1. The van der Waals surface area contributed by atoms with Crippen molar-refractivity contribution in [3.05, 3.63) is 82.7 Å². The average molecular weight is 431 g/mol. The molecular formula is C24H21N3O5. The fourth-order valence-corrected chi connectivity index (χ4v) is 3.79. The first kappa shape index (κ1) is 21.0. The number of nitrogens with zero attached hydrogens (tertiary/aromatic N) is 2. The molecule has 0 aliphatic carbocycles. The molecule has 1 aromatic heterocycles. The zero-order valence-electron chi connectivity index (χ0n) is 17.8. The van der Waals surface area contributed by atoms with E-state index in [0.717, 1.165) is 16.3 Å². The number of hydrogen-bond acceptors (Lipinski definition) is 5. The van der Waals surface area contributed by atoms with Gasteiger partial charge in [0, 0.05) is 29.8 Å². The first-order chi connectivity index (χ1) is 15.3. The fourth-order valence-electron chi connectivity index (χ4n) is 3.79. The molecule has 4 rings (SSSR count). The monoisotopic (exact) mass is 431 g/mol. The molecule has 0 atom stereocenters. The zero-order chi connectivity index (χ0) is 23.0. The van der Waals surface area contributed by atoms with Crippen molar-refractivity contribution in [3.63, 3.8) is 0 Å². The number of nitrogens with one attached hydrogen (secondary N) is 1. The van der Waals surface area contributed by atoms with Crippen molar-refractivity contribution in [1.82, 2.24) is 9.47 Å². The van der Waals surface area contributed by atoms with Crippen LogP contribution in [0.15, 0.2) is 54.6 Å². The Morgan fingerprint density at radius 3 is 2.34 bits per heavy atom. The van der Waals surface area contributed by atoms with E-state index < -0.39 is 24.4 Å². The number of anilines is 1. The molecule has 0 saturated carbocycles. The maximum absolute atomic E-state index is 12.6. The molecule has 1 aliphatic rings. The summed E-state index contributed by atoms with van der Waals surface area (Å²) in [4.78, 5) is 49.9. The average Bonchev–Trinajstić information content (AvgIpc) is 3.20. The molecule has 0 unspecified atom stereocenters. The molecule has 3 aromatic rings. The quantitative estimate of drug-likeness (QED) is 0.495. The van der Waals surface area contributed by atoms with Gasteiger partial charge in [-0.15, -0.1) is 0 Å². The van der Waals surface area contributed by atoms with Crippen molar-refractivity contribution in [2.24, 2.45) is 0 Å². The lowest BCUT2D eigenvalue weighted by molar-refractivity contribution is -0.119. The van der Waals surface area contributed by atoms with Crippen LogP contribution in [0.2, 0.25) is 0 Å². The van der Waals surface area contributed by atoms with E-state index in [9.17, 15) is 19.2 Å². The number of rotatable bonds is 5. The fraction of sp³-hybridized carbons (Fsp3) is 0.167. The highest BCUT2D eigenvalue weighted by Gasteiger charge is 2.32. The highest BCUT2D eigenvalue weighted by atomic mass is 16.5. The standard InChI is InChI=1S/C24H21N3O5/c1-14-11-19(15(2)27(14)17-7-5-4-6-8-17)24(31)32-13-21(28)25-16-9-10-18-20(12-16)23(30)26(3)22(18)29/h4-12H,13H2,1-3H3,(H,25,28). The van der Waals surface area contributed by atoms with E-state index in [-0.39, 0.29) is 17.0 Å². The van der Waals surface area contributed by atoms with Gasteiger partial charge in [0.2, 0.25) is 0 Å². The number of benzene rings is 2. The topological polar surface area (TPSA) is 97.7 Å². The molecule has 162 valence electrons. The SMILES string of the molecule is Cc1cc(C(=O)OCC(=O)Nc2ccc3c(c2)C(=O)N(C)C3=O)c(C)n1-c1ccccc1. The molecular weight excluding hydrogens is 410 g/mol. The van der Waals surface area contributed by atoms with Crippen molar-refractivity contribution in [3.8, 4) is 5.69 Å². The number of amides is 3. The summed E-state index contributed by atoms with van der Waals surface area (Å²) in [7, 11) is 1.40. The molecule has 0 bridgehead atoms. The molecule has 2 heterocycles. The lowest BCUT2D eigenvalue weighted by Crippen LogP contribution is -2.24. The predicted molar refractivity (Wildman–Crippen MR) is 117 cm³/mol. The number of imide groups is 1. The Morgan fingerprint density at radius 1 is 0.938 bits per heavy atom. The number of fused-ring (bicyclic) bond motifs is 1. The lowest BCUT2D eigenvalue weighted by Gasteiger charge is -2.10. The Balaban J connectivity index is 1.42. The molecule has 0 radical (unpaired) electrons. The molecule has 32 heavy (non-hydrogen) atoms. The van der Waals surface area contributed by atoms with E-state index in [4.69, 9.17) is 4.74 Å². The summed E-state index contributed by atoms with van der Waals surface area (Å²) in [5.41, 5.74) is 3.73. The molecule has 0 fully saturated rings. The molecule has 8 heteroatoms. The molecule has 3 amide bonds. The van der Waals surface area contributed by atoms with Crippen LogP contribution in [-0.2, 0) is 9.53 Å². The number of aryl methyl sites for hydroxylation is 1. The Labute approximate surface area is 184 Å². The predicted octanol–water partition coefficient (Wildman–Crippen LogP) is 3.12. The van der Waals surface area contributed by atoms with E-state index in [1.165, 1.54) is 25.2 Å². The highest BCUT2D eigenvalue weighted by molar-refractivity contribution is 6.21. The van der Waals surface area contributed by atoms with Crippen molar-refractivity contribution in [2.45, 2.75) is 13.8 Å². The second kappa shape index (κ2) is 8.14. The highest BCUT2D eigenvalue weighted by Crippen LogP contribution is 2.25. The number of carbonyl (C=O) groups is 4. The number of para-hydroxylation sites is 1. The minimum atomic E-state index is -0.605. The van der Waals surface area contributed by atoms with Crippen LogP contribution in [0.5, 0.6) is 0 Å². The van der Waals surface area contributed by atoms with Crippen LogP contribution in [-0.4, -0.2) is 46.8 Å². The van der Waals surface area contributed by atoms with Crippen molar-refractivity contribution < 1.29 is 23.9 Å². The van der Waals surface area contributed by atoms with Gasteiger partial charge in [-0.1, -0.05) is 18.2 Å². The van der Waals surface area contributed by atoms with E-state index in [0.29, 0.717) is 16.9 Å². The lowest BCUT2D eigenvalue weighted by atomic mass is 10.1. The molecule has 1 N–H and O–H groups in total. The Bertz CT molecular complexity index is 1260. The Morgan fingerprint density at radius 2 is 1.62 bits per heavy atom. The number of carbonyl (C=O) groups excluding carboxylic acids is 4. The van der Waals surface area contributed by atoms with Crippen LogP contribution in [0.3, 0.4) is 0 Å². The molecule has 8 nitrogen and oxygen atoms in total. The minimum absolute atomic E-state index is 0.223. The molecule has 0 saturated heterocycles. The Kier molecular flexibility index (Phi) is 5.36. The summed E-state index contributed by atoms with van der Waals surface area (Å²) in [6.45, 7) is 3.22. The maximum atomic E-state index is 12.6. The van der Waals surface area contributed by atoms with Crippen molar-refractivity contribution in [2.75, 3.05) is 19.0 Å². The first-order valence-corrected chi connectivity index (χ1v) is 9.95. The van der Waals surface area contributed by atoms with Crippen LogP contribution in [0.25, 0.3) is 5.69 Å². The number of ether oxygens (including phenoxy) is 1. The maximum Gasteiger partial charge on any atom is 0.340 e. The molecule has 1 aliphatic heterocycles. The summed E-state index contributed by atoms with van der Waals surface area (Å²) in [5.74, 6) is -1.97. The van der Waals surface area contributed by atoms with E-state index in [2.05, 4.69) is 5.32 Å². The largest absolute Gasteiger partial charge is 0.452 e. The van der Waals surface area contributed by atoms with E-state index >= 15 is 0 Å². The van der Waals surface area contributed by atoms with Crippen LogP contribution in [0.1, 0.15) is 42.5 Å². The summed E-state index contributed by atoms with van der Waals surface area (Å²) >= 11 is 0. The van der Waals surface area contributed by atoms with Gasteiger partial charge < -0.3 is 14.6 Å². The van der Waals surface area contributed by atoms with Crippen molar-refractivity contribution in [1.29, 1.82) is 0 Å². The summed E-state index contributed by atoms with van der Waals surface area (Å²) in [6, 6.07) is 15.8. The summed E-state index contributed by atoms with van der Waals surface area (Å²) < 4.78 is 7.14. The van der Waals surface area contributed by atoms with E-state index in [1.807, 2.05) is 48.7 Å². The number of aromatic nitrogens is 1. The van der Waals surface area contributed by atoms with Gasteiger partial charge in [0.25, 0.3) is 17.7 Å².